The molecule has 3 heteroatoms. The highest BCUT2D eigenvalue weighted by Gasteiger charge is 2.12. The first-order valence-corrected chi connectivity index (χ1v) is 8.42. The number of aromatic nitrogens is 1. The van der Waals surface area contributed by atoms with E-state index in [1.807, 2.05) is 54.7 Å². The molecule has 26 heavy (non-hydrogen) atoms. The summed E-state index contributed by atoms with van der Waals surface area (Å²) in [4.78, 5) is 16.9. The molecule has 0 aliphatic carbocycles. The van der Waals surface area contributed by atoms with E-state index in [4.69, 9.17) is 0 Å². The monoisotopic (exact) mass is 341 g/mol. The first-order chi connectivity index (χ1) is 12.7. The summed E-state index contributed by atoms with van der Waals surface area (Å²) in [7, 11) is 0. The molecule has 1 aromatic heterocycles. The molecule has 0 aliphatic rings. The summed E-state index contributed by atoms with van der Waals surface area (Å²) in [5.74, 6) is -0.715. The Labute approximate surface area is 151 Å². The molecule has 0 amide bonds. The van der Waals surface area contributed by atoms with Crippen molar-refractivity contribution in [2.24, 2.45) is 0 Å². The van der Waals surface area contributed by atoms with Gasteiger partial charge in [0.15, 0.2) is 5.78 Å². The Morgan fingerprint density at radius 3 is 2.42 bits per heavy atom. The normalized spacial score (nSPS) is 10.8. The van der Waals surface area contributed by atoms with E-state index < -0.39 is 5.82 Å². The summed E-state index contributed by atoms with van der Waals surface area (Å²) in [6.07, 6.45) is 1.99. The van der Waals surface area contributed by atoms with Crippen LogP contribution in [0.25, 0.3) is 22.0 Å². The second kappa shape index (κ2) is 6.89. The van der Waals surface area contributed by atoms with Crippen LogP contribution < -0.4 is 0 Å². The van der Waals surface area contributed by atoms with E-state index in [1.165, 1.54) is 12.1 Å². The van der Waals surface area contributed by atoms with Crippen molar-refractivity contribution in [2.45, 2.75) is 6.42 Å². The van der Waals surface area contributed by atoms with E-state index >= 15 is 0 Å². The summed E-state index contributed by atoms with van der Waals surface area (Å²) in [5, 5.41) is 1.01. The van der Waals surface area contributed by atoms with Gasteiger partial charge in [0, 0.05) is 23.6 Å². The second-order valence-corrected chi connectivity index (χ2v) is 6.20. The molecular formula is C23H16FNO. The van der Waals surface area contributed by atoms with Crippen LogP contribution in [-0.4, -0.2) is 10.8 Å². The fourth-order valence-corrected chi connectivity index (χ4v) is 3.03. The SMILES string of the molecule is O=C(Cc1ccc2cc(-c3ccccc3)cnc2c1)c1ccccc1F. The fourth-order valence-electron chi connectivity index (χ4n) is 3.03. The Hall–Kier alpha value is -3.33. The standard InChI is InChI=1S/C23H16FNO/c24-21-9-5-4-8-20(21)23(26)13-16-10-11-18-14-19(15-25-22(18)12-16)17-6-2-1-3-7-17/h1-12,14-15H,13H2. The highest BCUT2D eigenvalue weighted by Crippen LogP contribution is 2.23. The van der Waals surface area contributed by atoms with Gasteiger partial charge in [-0.3, -0.25) is 9.78 Å². The fraction of sp³-hybridized carbons (Fsp3) is 0.0435. The minimum Gasteiger partial charge on any atom is -0.294 e. The predicted molar refractivity (Wildman–Crippen MR) is 102 cm³/mol. The van der Waals surface area contributed by atoms with Crippen LogP contribution in [0.4, 0.5) is 4.39 Å². The zero-order valence-corrected chi connectivity index (χ0v) is 14.0. The minimum atomic E-state index is -0.482. The Morgan fingerprint density at radius 1 is 0.846 bits per heavy atom. The number of hydrogen-bond acceptors (Lipinski definition) is 2. The molecule has 0 spiro atoms. The summed E-state index contributed by atoms with van der Waals surface area (Å²) in [6, 6.07) is 24.0. The van der Waals surface area contributed by atoms with Gasteiger partial charge in [-0.05, 0) is 35.4 Å². The van der Waals surface area contributed by atoms with E-state index in [9.17, 15) is 9.18 Å². The van der Waals surface area contributed by atoms with Gasteiger partial charge < -0.3 is 0 Å². The third-order valence-corrected chi connectivity index (χ3v) is 4.39. The van der Waals surface area contributed by atoms with Gasteiger partial charge >= 0.3 is 0 Å². The van der Waals surface area contributed by atoms with Crippen molar-refractivity contribution in [1.29, 1.82) is 0 Å². The van der Waals surface area contributed by atoms with Crippen LogP contribution in [-0.2, 0) is 6.42 Å². The van der Waals surface area contributed by atoms with Crippen LogP contribution >= 0.6 is 0 Å². The van der Waals surface area contributed by atoms with Gasteiger partial charge in [0.25, 0.3) is 0 Å². The maximum atomic E-state index is 13.8. The Morgan fingerprint density at radius 2 is 1.62 bits per heavy atom. The summed E-state index contributed by atoms with van der Waals surface area (Å²) in [6.45, 7) is 0. The Balaban J connectivity index is 1.62. The Kier molecular flexibility index (Phi) is 4.28. The maximum absolute atomic E-state index is 13.8. The van der Waals surface area contributed by atoms with Crippen molar-refractivity contribution in [1.82, 2.24) is 4.98 Å². The molecule has 0 saturated heterocycles. The molecule has 0 atom stereocenters. The average molecular weight is 341 g/mol. The minimum absolute atomic E-state index is 0.125. The van der Waals surface area contributed by atoms with Crippen molar-refractivity contribution >= 4 is 16.7 Å². The predicted octanol–water partition coefficient (Wildman–Crippen LogP) is 5.47. The average Bonchev–Trinajstić information content (AvgIpc) is 2.68. The van der Waals surface area contributed by atoms with Crippen LogP contribution in [0.1, 0.15) is 15.9 Å². The van der Waals surface area contributed by atoms with Crippen molar-refractivity contribution in [3.8, 4) is 11.1 Å². The first-order valence-electron chi connectivity index (χ1n) is 8.42. The lowest BCUT2D eigenvalue weighted by Crippen LogP contribution is -2.06. The second-order valence-electron chi connectivity index (χ2n) is 6.20. The van der Waals surface area contributed by atoms with Gasteiger partial charge in [-0.1, -0.05) is 54.6 Å². The number of halogens is 1. The van der Waals surface area contributed by atoms with Crippen molar-refractivity contribution in [3.63, 3.8) is 0 Å². The molecule has 0 unspecified atom stereocenters. The molecule has 4 rings (SSSR count). The van der Waals surface area contributed by atoms with Crippen LogP contribution in [0.3, 0.4) is 0 Å². The highest BCUT2D eigenvalue weighted by atomic mass is 19.1. The van der Waals surface area contributed by atoms with Crippen LogP contribution in [0, 0.1) is 5.82 Å². The number of fused-ring (bicyclic) bond motifs is 1. The number of carbonyl (C=O) groups excluding carboxylic acids is 1. The molecule has 0 aliphatic heterocycles. The maximum Gasteiger partial charge on any atom is 0.170 e. The van der Waals surface area contributed by atoms with E-state index in [2.05, 4.69) is 11.1 Å². The highest BCUT2D eigenvalue weighted by molar-refractivity contribution is 5.98. The first kappa shape index (κ1) is 16.2. The number of carbonyl (C=O) groups is 1. The van der Waals surface area contributed by atoms with Crippen LogP contribution in [0.2, 0.25) is 0 Å². The van der Waals surface area contributed by atoms with Crippen molar-refractivity contribution < 1.29 is 9.18 Å². The van der Waals surface area contributed by atoms with E-state index in [0.29, 0.717) is 0 Å². The topological polar surface area (TPSA) is 30.0 Å². The molecule has 4 aromatic rings. The summed E-state index contributed by atoms with van der Waals surface area (Å²) >= 11 is 0. The van der Waals surface area contributed by atoms with E-state index in [-0.39, 0.29) is 17.8 Å². The summed E-state index contributed by atoms with van der Waals surface area (Å²) in [5.41, 5.74) is 3.93. The lowest BCUT2D eigenvalue weighted by atomic mass is 10.00. The lowest BCUT2D eigenvalue weighted by molar-refractivity contribution is 0.0989. The number of hydrogen-bond donors (Lipinski definition) is 0. The zero-order chi connectivity index (χ0) is 17.9. The zero-order valence-electron chi connectivity index (χ0n) is 14.0. The number of pyridine rings is 1. The number of rotatable bonds is 4. The van der Waals surface area contributed by atoms with Gasteiger partial charge in [0.2, 0.25) is 0 Å². The third kappa shape index (κ3) is 3.24. The number of ketones is 1. The molecule has 0 fully saturated rings. The molecule has 0 saturated carbocycles. The number of nitrogens with zero attached hydrogens (tertiary/aromatic N) is 1. The lowest BCUT2D eigenvalue weighted by Gasteiger charge is -2.06. The molecule has 0 N–H and O–H groups in total. The molecule has 0 radical (unpaired) electrons. The molecule has 3 aromatic carbocycles. The van der Waals surface area contributed by atoms with Gasteiger partial charge in [0.05, 0.1) is 11.1 Å². The quantitative estimate of drug-likeness (QED) is 0.461. The number of Topliss-reactive ketones (excluding diaryl/α,β-unsaturated/α-hetero) is 1. The third-order valence-electron chi connectivity index (χ3n) is 4.39. The van der Waals surface area contributed by atoms with Gasteiger partial charge in [-0.15, -0.1) is 0 Å². The largest absolute Gasteiger partial charge is 0.294 e. The summed E-state index contributed by atoms with van der Waals surface area (Å²) < 4.78 is 13.8. The Bertz CT molecular complexity index is 1090. The molecule has 1 heterocycles. The molecule has 126 valence electrons. The molecule has 0 bridgehead atoms. The molecular weight excluding hydrogens is 325 g/mol. The molecule has 2 nitrogen and oxygen atoms in total. The van der Waals surface area contributed by atoms with Crippen LogP contribution in [0.15, 0.2) is 85.1 Å². The van der Waals surface area contributed by atoms with Crippen molar-refractivity contribution in [2.75, 3.05) is 0 Å². The smallest absolute Gasteiger partial charge is 0.170 e. The van der Waals surface area contributed by atoms with Gasteiger partial charge in [-0.2, -0.15) is 0 Å². The van der Waals surface area contributed by atoms with E-state index in [0.717, 1.165) is 27.6 Å². The van der Waals surface area contributed by atoms with Gasteiger partial charge in [-0.25, -0.2) is 4.39 Å². The number of benzene rings is 3. The van der Waals surface area contributed by atoms with Gasteiger partial charge in [0.1, 0.15) is 5.82 Å². The van der Waals surface area contributed by atoms with E-state index in [1.54, 1.807) is 12.1 Å². The van der Waals surface area contributed by atoms with Crippen molar-refractivity contribution in [3.05, 3.63) is 102 Å². The van der Waals surface area contributed by atoms with Crippen LogP contribution in [0.5, 0.6) is 0 Å².